The van der Waals surface area contributed by atoms with E-state index in [0.717, 1.165) is 5.56 Å². The summed E-state index contributed by atoms with van der Waals surface area (Å²) in [4.78, 5) is 17.0. The summed E-state index contributed by atoms with van der Waals surface area (Å²) in [5, 5.41) is 3.96. The molecule has 2 N–H and O–H groups in total. The van der Waals surface area contributed by atoms with Gasteiger partial charge in [-0.15, -0.1) is 0 Å². The van der Waals surface area contributed by atoms with Crippen molar-refractivity contribution in [3.05, 3.63) is 23.8 Å². The molecule has 7 nitrogen and oxygen atoms in total. The van der Waals surface area contributed by atoms with Gasteiger partial charge in [-0.2, -0.15) is 0 Å². The van der Waals surface area contributed by atoms with Crippen LogP contribution in [-0.4, -0.2) is 37.7 Å². The number of nitrogens with zero attached hydrogens (tertiary/aromatic N) is 1. The second-order valence-corrected chi connectivity index (χ2v) is 4.56. The van der Waals surface area contributed by atoms with Crippen molar-refractivity contribution in [1.82, 2.24) is 0 Å². The van der Waals surface area contributed by atoms with Gasteiger partial charge in [-0.05, 0) is 18.2 Å². The van der Waals surface area contributed by atoms with Gasteiger partial charge in [-0.25, -0.2) is 4.79 Å². The lowest BCUT2D eigenvalue weighted by atomic mass is 9.94. The number of esters is 1. The van der Waals surface area contributed by atoms with Crippen LogP contribution in [0.5, 0.6) is 11.5 Å². The van der Waals surface area contributed by atoms with Crippen LogP contribution < -0.4 is 15.2 Å². The number of methoxy groups -OCH3 is 1. The Balaban J connectivity index is 1.85. The Morgan fingerprint density at radius 3 is 3.00 bits per heavy atom. The minimum absolute atomic E-state index is 0.00275. The first-order valence-corrected chi connectivity index (χ1v) is 6.12. The third kappa shape index (κ3) is 1.87. The van der Waals surface area contributed by atoms with E-state index in [2.05, 4.69) is 5.16 Å². The number of carbonyl (C=O) groups excluding carboxylic acids is 1. The van der Waals surface area contributed by atoms with E-state index in [0.29, 0.717) is 17.2 Å². The smallest absolute Gasteiger partial charge is 0.354 e. The molecule has 1 aromatic rings. The van der Waals surface area contributed by atoms with E-state index in [-0.39, 0.29) is 19.8 Å². The zero-order chi connectivity index (χ0) is 14.2. The number of oxime groups is 1. The molecule has 0 amide bonds. The minimum Gasteiger partial charge on any atom is -0.466 e. The lowest BCUT2D eigenvalue weighted by molar-refractivity contribution is -0.165. The summed E-state index contributed by atoms with van der Waals surface area (Å²) in [5.74, 6) is 0.805. The summed E-state index contributed by atoms with van der Waals surface area (Å²) in [6.45, 7) is 0.202. The highest BCUT2D eigenvalue weighted by Crippen LogP contribution is 2.35. The molecule has 0 aromatic heterocycles. The summed E-state index contributed by atoms with van der Waals surface area (Å²) in [6.07, 6.45) is 0.260. The number of benzene rings is 1. The van der Waals surface area contributed by atoms with Crippen LogP contribution in [-0.2, 0) is 14.4 Å². The van der Waals surface area contributed by atoms with Gasteiger partial charge < -0.3 is 24.8 Å². The second kappa shape index (κ2) is 4.68. The Morgan fingerprint density at radius 2 is 2.25 bits per heavy atom. The highest BCUT2D eigenvalue weighted by molar-refractivity contribution is 6.05. The quantitative estimate of drug-likeness (QED) is 0.805. The molecule has 0 bridgehead atoms. The number of hydrogen-bond donors (Lipinski definition) is 1. The fourth-order valence-corrected chi connectivity index (χ4v) is 2.20. The zero-order valence-corrected chi connectivity index (χ0v) is 10.9. The average molecular weight is 278 g/mol. The number of fused-ring (bicyclic) bond motifs is 1. The Morgan fingerprint density at radius 1 is 1.45 bits per heavy atom. The molecule has 1 atom stereocenters. The van der Waals surface area contributed by atoms with Crippen LogP contribution in [0.2, 0.25) is 0 Å². The van der Waals surface area contributed by atoms with Crippen molar-refractivity contribution in [1.29, 1.82) is 0 Å². The van der Waals surface area contributed by atoms with Crippen molar-refractivity contribution < 1.29 is 23.8 Å². The van der Waals surface area contributed by atoms with Crippen LogP contribution in [0.1, 0.15) is 12.0 Å². The number of ether oxygens (including phenoxy) is 3. The van der Waals surface area contributed by atoms with Crippen LogP contribution in [0.25, 0.3) is 0 Å². The molecular weight excluding hydrogens is 264 g/mol. The van der Waals surface area contributed by atoms with Gasteiger partial charge in [0.25, 0.3) is 5.60 Å². The van der Waals surface area contributed by atoms with E-state index >= 15 is 0 Å². The first-order valence-electron chi connectivity index (χ1n) is 6.12. The third-order valence-corrected chi connectivity index (χ3v) is 3.38. The predicted molar refractivity (Wildman–Crippen MR) is 68.6 cm³/mol. The van der Waals surface area contributed by atoms with Gasteiger partial charge in [0.2, 0.25) is 6.79 Å². The van der Waals surface area contributed by atoms with Crippen LogP contribution in [0, 0.1) is 0 Å². The Hall–Kier alpha value is -2.28. The van der Waals surface area contributed by atoms with Gasteiger partial charge in [0.15, 0.2) is 11.5 Å². The molecule has 3 rings (SSSR count). The second-order valence-electron chi connectivity index (χ2n) is 4.56. The van der Waals surface area contributed by atoms with E-state index < -0.39 is 11.6 Å². The molecule has 106 valence electrons. The number of carbonyl (C=O) groups is 1. The van der Waals surface area contributed by atoms with Crippen molar-refractivity contribution in [2.75, 3.05) is 20.4 Å². The van der Waals surface area contributed by atoms with Crippen molar-refractivity contribution in [2.45, 2.75) is 12.0 Å². The largest absolute Gasteiger partial charge is 0.466 e. The first-order chi connectivity index (χ1) is 9.68. The average Bonchev–Trinajstić information content (AvgIpc) is 3.12. The number of hydrogen-bond acceptors (Lipinski definition) is 7. The first kappa shape index (κ1) is 12.7. The van der Waals surface area contributed by atoms with Crippen LogP contribution in [0.4, 0.5) is 0 Å². The lowest BCUT2D eigenvalue weighted by Crippen LogP contribution is -2.46. The maximum atomic E-state index is 11.8. The maximum Gasteiger partial charge on any atom is 0.354 e. The monoisotopic (exact) mass is 278 g/mol. The van der Waals surface area contributed by atoms with Crippen LogP contribution in [0.15, 0.2) is 23.4 Å². The Bertz CT molecular complexity index is 586. The molecule has 2 aliphatic rings. The molecule has 2 aliphatic heterocycles. The molecule has 0 aliphatic carbocycles. The van der Waals surface area contributed by atoms with Crippen molar-refractivity contribution >= 4 is 11.7 Å². The summed E-state index contributed by atoms with van der Waals surface area (Å²) >= 11 is 0. The van der Waals surface area contributed by atoms with Gasteiger partial charge >= 0.3 is 5.97 Å². The van der Waals surface area contributed by atoms with Crippen molar-refractivity contribution in [3.63, 3.8) is 0 Å². The molecule has 0 radical (unpaired) electrons. The molecule has 20 heavy (non-hydrogen) atoms. The number of rotatable bonds is 3. The normalized spacial score (nSPS) is 23.2. The highest BCUT2D eigenvalue weighted by atomic mass is 16.7. The zero-order valence-electron chi connectivity index (χ0n) is 10.9. The molecule has 0 spiro atoms. The summed E-state index contributed by atoms with van der Waals surface area (Å²) in [7, 11) is 1.29. The van der Waals surface area contributed by atoms with Gasteiger partial charge in [0.05, 0.1) is 12.8 Å². The van der Waals surface area contributed by atoms with E-state index in [1.54, 1.807) is 12.1 Å². The van der Waals surface area contributed by atoms with E-state index in [4.69, 9.17) is 24.8 Å². The maximum absolute atomic E-state index is 11.8. The molecule has 0 saturated carbocycles. The van der Waals surface area contributed by atoms with E-state index in [9.17, 15) is 4.79 Å². The van der Waals surface area contributed by atoms with E-state index in [1.807, 2.05) is 6.07 Å². The van der Waals surface area contributed by atoms with Gasteiger partial charge in [0, 0.05) is 18.5 Å². The fraction of sp³-hybridized carbons (Fsp3) is 0.385. The van der Waals surface area contributed by atoms with Crippen molar-refractivity contribution in [2.24, 2.45) is 10.9 Å². The molecule has 1 unspecified atom stereocenters. The summed E-state index contributed by atoms with van der Waals surface area (Å²) < 4.78 is 15.3. The minimum atomic E-state index is -1.24. The summed E-state index contributed by atoms with van der Waals surface area (Å²) in [6, 6.07) is 5.43. The SMILES string of the molecule is COC(=O)C1(CN)CC(c2ccc3c(c2)OCO3)=NO1. The third-order valence-electron chi connectivity index (χ3n) is 3.38. The van der Waals surface area contributed by atoms with Gasteiger partial charge in [-0.1, -0.05) is 5.16 Å². The summed E-state index contributed by atoms with van der Waals surface area (Å²) in [5.41, 5.74) is 5.82. The molecule has 0 fully saturated rings. The molecule has 0 saturated heterocycles. The van der Waals surface area contributed by atoms with Crippen LogP contribution >= 0.6 is 0 Å². The van der Waals surface area contributed by atoms with Crippen LogP contribution in [0.3, 0.4) is 0 Å². The molecular formula is C13H14N2O5. The van der Waals surface area contributed by atoms with Gasteiger partial charge in [0.1, 0.15) is 0 Å². The topological polar surface area (TPSA) is 92.4 Å². The Labute approximate surface area is 115 Å². The number of nitrogens with two attached hydrogens (primary N) is 1. The molecule has 1 aromatic carbocycles. The lowest BCUT2D eigenvalue weighted by Gasteiger charge is -2.21. The standard InChI is InChI=1S/C13H14N2O5/c1-17-12(16)13(6-14)5-9(15-20-13)8-2-3-10-11(4-8)19-7-18-10/h2-4H,5-7,14H2,1H3. The highest BCUT2D eigenvalue weighted by Gasteiger charge is 2.47. The fourth-order valence-electron chi connectivity index (χ4n) is 2.20. The predicted octanol–water partition coefficient (Wildman–Crippen LogP) is 0.410. The molecule has 7 heteroatoms. The van der Waals surface area contributed by atoms with Gasteiger partial charge in [-0.3, -0.25) is 0 Å². The van der Waals surface area contributed by atoms with Crippen molar-refractivity contribution in [3.8, 4) is 11.5 Å². The van der Waals surface area contributed by atoms with E-state index in [1.165, 1.54) is 7.11 Å². The Kier molecular flexibility index (Phi) is 2.98. The molecule has 2 heterocycles.